The van der Waals surface area contributed by atoms with Crippen molar-refractivity contribution in [2.45, 2.75) is 39.5 Å². The van der Waals surface area contributed by atoms with Crippen LogP contribution in [0.1, 0.15) is 39.5 Å². The first kappa shape index (κ1) is 13.9. The number of hydrogen-bond acceptors (Lipinski definition) is 2. The van der Waals surface area contributed by atoms with Crippen LogP contribution in [0.25, 0.3) is 0 Å². The largest absolute Gasteiger partial charge is 0.348 e. The summed E-state index contributed by atoms with van der Waals surface area (Å²) in [4.78, 5) is 24.3. The van der Waals surface area contributed by atoms with E-state index in [1.54, 1.807) is 7.05 Å². The second kappa shape index (κ2) is 8.26. The molecule has 0 rings (SSSR count). The third-order valence-corrected chi connectivity index (χ3v) is 2.20. The number of carbonyl (C=O) groups is 2. The van der Waals surface area contributed by atoms with E-state index >= 15 is 0 Å². The number of nitrogens with one attached hydrogen (secondary N) is 1. The van der Waals surface area contributed by atoms with Gasteiger partial charge in [-0.25, -0.2) is 0 Å². The second-order valence-corrected chi connectivity index (χ2v) is 3.69. The van der Waals surface area contributed by atoms with Gasteiger partial charge in [0.1, 0.15) is 0 Å². The number of likely N-dealkylation sites (N-methyl/N-ethyl adjacent to an activating group) is 1. The normalized spacial score (nSPS) is 9.80. The molecule has 0 heterocycles. The average Bonchev–Trinajstić information content (AvgIpc) is 2.24. The van der Waals surface area contributed by atoms with Crippen LogP contribution in [0.2, 0.25) is 0 Å². The molecule has 0 saturated carbocycles. The Kier molecular flexibility index (Phi) is 7.68. The lowest BCUT2D eigenvalue weighted by Gasteiger charge is -2.15. The summed E-state index contributed by atoms with van der Waals surface area (Å²) >= 11 is 0. The maximum absolute atomic E-state index is 11.5. The molecule has 0 radical (unpaired) electrons. The summed E-state index contributed by atoms with van der Waals surface area (Å²) < 4.78 is 0. The molecule has 0 aromatic heterocycles. The average molecular weight is 214 g/mol. The van der Waals surface area contributed by atoms with E-state index in [-0.39, 0.29) is 0 Å². The Bertz CT molecular complexity index is 205. The number of rotatable bonds is 6. The lowest BCUT2D eigenvalue weighted by atomic mass is 10.3. The lowest BCUT2D eigenvalue weighted by Crippen LogP contribution is -2.41. The lowest BCUT2D eigenvalue weighted by molar-refractivity contribution is -0.145. The highest BCUT2D eigenvalue weighted by molar-refractivity contribution is 6.34. The minimum atomic E-state index is -0.484. The van der Waals surface area contributed by atoms with Crippen LogP contribution >= 0.6 is 0 Å². The molecule has 0 atom stereocenters. The summed E-state index contributed by atoms with van der Waals surface area (Å²) in [6.07, 6.45) is 3.89. The van der Waals surface area contributed by atoms with Gasteiger partial charge < -0.3 is 10.2 Å². The summed E-state index contributed by atoms with van der Waals surface area (Å²) in [5, 5.41) is 2.61. The van der Waals surface area contributed by atoms with Crippen LogP contribution in [-0.4, -0.2) is 36.9 Å². The molecule has 0 aliphatic rings. The van der Waals surface area contributed by atoms with Crippen LogP contribution in [0, 0.1) is 0 Å². The van der Waals surface area contributed by atoms with Crippen molar-refractivity contribution in [1.82, 2.24) is 10.2 Å². The molecule has 0 aromatic carbocycles. The van der Waals surface area contributed by atoms with Gasteiger partial charge in [0.2, 0.25) is 0 Å². The van der Waals surface area contributed by atoms with Gasteiger partial charge in [-0.05, 0) is 12.8 Å². The summed E-state index contributed by atoms with van der Waals surface area (Å²) in [5.41, 5.74) is 0. The van der Waals surface area contributed by atoms with Crippen LogP contribution in [0.4, 0.5) is 0 Å². The highest BCUT2D eigenvalue weighted by atomic mass is 16.2. The fraction of sp³-hybridized carbons (Fsp3) is 0.818. The molecule has 0 aliphatic carbocycles. The molecule has 0 saturated heterocycles. The van der Waals surface area contributed by atoms with E-state index in [4.69, 9.17) is 0 Å². The van der Waals surface area contributed by atoms with E-state index in [1.807, 2.05) is 6.92 Å². The van der Waals surface area contributed by atoms with Gasteiger partial charge in [-0.1, -0.05) is 26.7 Å². The van der Waals surface area contributed by atoms with Crippen molar-refractivity contribution in [2.24, 2.45) is 0 Å². The van der Waals surface area contributed by atoms with E-state index in [0.717, 1.165) is 25.7 Å². The summed E-state index contributed by atoms with van der Waals surface area (Å²) in [6.45, 7) is 5.33. The van der Waals surface area contributed by atoms with Crippen molar-refractivity contribution < 1.29 is 9.59 Å². The van der Waals surface area contributed by atoms with Crippen LogP contribution in [0.5, 0.6) is 0 Å². The van der Waals surface area contributed by atoms with E-state index in [2.05, 4.69) is 12.2 Å². The Labute approximate surface area is 92.0 Å². The van der Waals surface area contributed by atoms with E-state index in [1.165, 1.54) is 4.90 Å². The molecule has 2 amide bonds. The van der Waals surface area contributed by atoms with Gasteiger partial charge in [-0.15, -0.1) is 0 Å². The first-order chi connectivity index (χ1) is 7.13. The molecule has 15 heavy (non-hydrogen) atoms. The van der Waals surface area contributed by atoms with Crippen LogP contribution in [0.15, 0.2) is 0 Å². The summed E-state index contributed by atoms with van der Waals surface area (Å²) in [5.74, 6) is -0.915. The number of carbonyl (C=O) groups excluding carboxylic acids is 2. The zero-order valence-corrected chi connectivity index (χ0v) is 10.0. The van der Waals surface area contributed by atoms with Crippen LogP contribution < -0.4 is 5.32 Å². The molecule has 0 unspecified atom stereocenters. The van der Waals surface area contributed by atoms with Gasteiger partial charge in [0.15, 0.2) is 0 Å². The first-order valence-corrected chi connectivity index (χ1v) is 5.66. The highest BCUT2D eigenvalue weighted by Crippen LogP contribution is 1.93. The molecule has 1 N–H and O–H groups in total. The Morgan fingerprint density at radius 1 is 1.13 bits per heavy atom. The zero-order valence-electron chi connectivity index (χ0n) is 10.0. The fourth-order valence-electron chi connectivity index (χ4n) is 1.12. The van der Waals surface area contributed by atoms with Gasteiger partial charge in [-0.2, -0.15) is 0 Å². The number of nitrogens with zero attached hydrogens (tertiary/aromatic N) is 1. The second-order valence-electron chi connectivity index (χ2n) is 3.69. The SMILES string of the molecule is CCCCNC(=O)C(=O)N(C)CCCC. The molecule has 0 fully saturated rings. The number of hydrogen-bond donors (Lipinski definition) is 1. The van der Waals surface area contributed by atoms with E-state index < -0.39 is 11.8 Å². The van der Waals surface area contributed by atoms with Crippen molar-refractivity contribution >= 4 is 11.8 Å². The molecule has 0 aromatic rings. The predicted molar refractivity (Wildman–Crippen MR) is 60.5 cm³/mol. The minimum absolute atomic E-state index is 0.431. The van der Waals surface area contributed by atoms with Crippen molar-refractivity contribution in [3.8, 4) is 0 Å². The van der Waals surface area contributed by atoms with E-state index in [0.29, 0.717) is 13.1 Å². The van der Waals surface area contributed by atoms with Gasteiger partial charge in [0.25, 0.3) is 0 Å². The van der Waals surface area contributed by atoms with E-state index in [9.17, 15) is 9.59 Å². The Morgan fingerprint density at radius 3 is 2.27 bits per heavy atom. The quantitative estimate of drug-likeness (QED) is 0.533. The molecule has 0 aliphatic heterocycles. The topological polar surface area (TPSA) is 49.4 Å². The van der Waals surface area contributed by atoms with Crippen molar-refractivity contribution in [3.63, 3.8) is 0 Å². The number of unbranched alkanes of at least 4 members (excludes halogenated alkanes) is 2. The van der Waals surface area contributed by atoms with Gasteiger partial charge >= 0.3 is 11.8 Å². The molecule has 4 heteroatoms. The van der Waals surface area contributed by atoms with Gasteiger partial charge in [0, 0.05) is 20.1 Å². The highest BCUT2D eigenvalue weighted by Gasteiger charge is 2.16. The number of amides is 2. The predicted octanol–water partition coefficient (Wildman–Crippen LogP) is 1.16. The summed E-state index contributed by atoms with van der Waals surface area (Å²) in [7, 11) is 1.66. The van der Waals surface area contributed by atoms with Crippen molar-refractivity contribution in [2.75, 3.05) is 20.1 Å². The minimum Gasteiger partial charge on any atom is -0.348 e. The monoisotopic (exact) mass is 214 g/mol. The van der Waals surface area contributed by atoms with Crippen LogP contribution in [-0.2, 0) is 9.59 Å². The third-order valence-electron chi connectivity index (χ3n) is 2.20. The molecular weight excluding hydrogens is 192 g/mol. The Morgan fingerprint density at radius 2 is 1.73 bits per heavy atom. The summed E-state index contributed by atoms with van der Waals surface area (Å²) in [6, 6.07) is 0. The van der Waals surface area contributed by atoms with Gasteiger partial charge in [0.05, 0.1) is 0 Å². The molecule has 0 bridgehead atoms. The molecule has 4 nitrogen and oxygen atoms in total. The molecule has 88 valence electrons. The maximum atomic E-state index is 11.5. The standard InChI is InChI=1S/C11H22N2O2/c1-4-6-8-12-10(14)11(15)13(3)9-7-5-2/h4-9H2,1-3H3,(H,12,14). The fourth-order valence-corrected chi connectivity index (χ4v) is 1.12. The van der Waals surface area contributed by atoms with Crippen LogP contribution in [0.3, 0.4) is 0 Å². The third kappa shape index (κ3) is 6.10. The Hall–Kier alpha value is -1.06. The zero-order chi connectivity index (χ0) is 11.7. The molecule has 0 spiro atoms. The van der Waals surface area contributed by atoms with Crippen molar-refractivity contribution in [1.29, 1.82) is 0 Å². The first-order valence-electron chi connectivity index (χ1n) is 5.66. The Balaban J connectivity index is 3.81. The smallest absolute Gasteiger partial charge is 0.311 e. The molecular formula is C11H22N2O2. The maximum Gasteiger partial charge on any atom is 0.311 e. The van der Waals surface area contributed by atoms with Crippen molar-refractivity contribution in [3.05, 3.63) is 0 Å². The van der Waals surface area contributed by atoms with Gasteiger partial charge in [-0.3, -0.25) is 9.59 Å².